The van der Waals surface area contributed by atoms with Gasteiger partial charge in [0.2, 0.25) is 0 Å². The summed E-state index contributed by atoms with van der Waals surface area (Å²) in [5.41, 5.74) is 3.26. The highest BCUT2D eigenvalue weighted by Crippen LogP contribution is 2.40. The quantitative estimate of drug-likeness (QED) is 0.915. The Hall–Kier alpha value is -2.07. The first-order valence-corrected chi connectivity index (χ1v) is 7.14. The summed E-state index contributed by atoms with van der Waals surface area (Å²) in [5, 5.41) is 9.94. The molecule has 1 heterocycles. The second kappa shape index (κ2) is 5.37. The van der Waals surface area contributed by atoms with Crippen LogP contribution in [0.4, 0.5) is 21.5 Å². The third-order valence-corrected chi connectivity index (χ3v) is 3.98. The Balaban J connectivity index is 2.15. The molecule has 0 radical (unpaired) electrons. The van der Waals surface area contributed by atoms with E-state index in [0.717, 1.165) is 30.2 Å². The van der Waals surface area contributed by atoms with Crippen molar-refractivity contribution in [1.29, 1.82) is 0 Å². The molecule has 3 nitrogen and oxygen atoms in total. The van der Waals surface area contributed by atoms with Crippen molar-refractivity contribution in [3.05, 3.63) is 53.8 Å². The van der Waals surface area contributed by atoms with Crippen LogP contribution in [0.3, 0.4) is 0 Å². The van der Waals surface area contributed by atoms with Crippen LogP contribution < -0.4 is 9.80 Å². The number of aliphatic hydroxyl groups is 1. The predicted molar refractivity (Wildman–Crippen MR) is 83.8 cm³/mol. The number of benzene rings is 2. The Morgan fingerprint density at radius 3 is 2.38 bits per heavy atom. The molecule has 0 fully saturated rings. The van der Waals surface area contributed by atoms with Crippen molar-refractivity contribution in [2.75, 3.05) is 29.9 Å². The fourth-order valence-electron chi connectivity index (χ4n) is 2.93. The largest absolute Gasteiger partial charge is 0.389 e. The Morgan fingerprint density at radius 1 is 1.00 bits per heavy atom. The summed E-state index contributed by atoms with van der Waals surface area (Å²) in [6.45, 7) is 3.22. The summed E-state index contributed by atoms with van der Waals surface area (Å²) < 4.78 is 14.1. The van der Waals surface area contributed by atoms with Crippen molar-refractivity contribution >= 4 is 17.1 Å². The van der Waals surface area contributed by atoms with Crippen LogP contribution in [-0.2, 0) is 0 Å². The van der Waals surface area contributed by atoms with Crippen LogP contribution >= 0.6 is 0 Å². The standard InChI is InChI=1S/C17H19FN2O/c1-12(21)17-13(18)6-5-9-16(17)20-11-10-19(2)14-7-3-4-8-15(14)20/h3-9,12,21H,10-11H2,1-2H3. The van der Waals surface area contributed by atoms with E-state index in [0.29, 0.717) is 5.56 Å². The van der Waals surface area contributed by atoms with Gasteiger partial charge in [-0.1, -0.05) is 18.2 Å². The van der Waals surface area contributed by atoms with Gasteiger partial charge in [-0.2, -0.15) is 0 Å². The van der Waals surface area contributed by atoms with Gasteiger partial charge in [0, 0.05) is 31.4 Å². The molecule has 0 saturated carbocycles. The SMILES string of the molecule is CC(O)c1c(F)cccc1N1CCN(C)c2ccccc21. The second-order valence-corrected chi connectivity index (χ2v) is 5.41. The van der Waals surface area contributed by atoms with Crippen molar-refractivity contribution in [3.8, 4) is 0 Å². The van der Waals surface area contributed by atoms with E-state index in [1.807, 2.05) is 24.3 Å². The van der Waals surface area contributed by atoms with Crippen molar-refractivity contribution < 1.29 is 9.50 Å². The van der Waals surface area contributed by atoms with Gasteiger partial charge in [-0.05, 0) is 31.2 Å². The molecule has 1 atom stereocenters. The van der Waals surface area contributed by atoms with Crippen molar-refractivity contribution in [1.82, 2.24) is 0 Å². The van der Waals surface area contributed by atoms with Crippen LogP contribution in [0.5, 0.6) is 0 Å². The van der Waals surface area contributed by atoms with Gasteiger partial charge in [0.1, 0.15) is 5.82 Å². The summed E-state index contributed by atoms with van der Waals surface area (Å²) >= 11 is 0. The number of nitrogens with zero attached hydrogens (tertiary/aromatic N) is 2. The molecule has 0 amide bonds. The first-order valence-electron chi connectivity index (χ1n) is 7.14. The highest BCUT2D eigenvalue weighted by atomic mass is 19.1. The number of halogens is 1. The van der Waals surface area contributed by atoms with E-state index in [-0.39, 0.29) is 5.82 Å². The molecule has 3 rings (SSSR count). The van der Waals surface area contributed by atoms with Gasteiger partial charge >= 0.3 is 0 Å². The lowest BCUT2D eigenvalue weighted by Crippen LogP contribution is -2.37. The molecule has 0 spiro atoms. The Bertz CT molecular complexity index is 657. The third-order valence-electron chi connectivity index (χ3n) is 3.98. The minimum Gasteiger partial charge on any atom is -0.389 e. The molecule has 0 bridgehead atoms. The van der Waals surface area contributed by atoms with E-state index in [1.165, 1.54) is 6.07 Å². The monoisotopic (exact) mass is 286 g/mol. The van der Waals surface area contributed by atoms with E-state index >= 15 is 0 Å². The molecule has 1 N–H and O–H groups in total. The van der Waals surface area contributed by atoms with E-state index < -0.39 is 6.10 Å². The first kappa shape index (κ1) is 13.9. The van der Waals surface area contributed by atoms with E-state index in [2.05, 4.69) is 22.9 Å². The molecule has 1 unspecified atom stereocenters. The zero-order valence-electron chi connectivity index (χ0n) is 12.3. The zero-order chi connectivity index (χ0) is 15.0. The fraction of sp³-hybridized carbons (Fsp3) is 0.294. The van der Waals surface area contributed by atoms with Gasteiger partial charge in [-0.3, -0.25) is 0 Å². The lowest BCUT2D eigenvalue weighted by atomic mass is 10.0. The van der Waals surface area contributed by atoms with Crippen molar-refractivity contribution in [3.63, 3.8) is 0 Å². The Morgan fingerprint density at radius 2 is 1.67 bits per heavy atom. The molecule has 110 valence electrons. The number of hydrogen-bond donors (Lipinski definition) is 1. The van der Waals surface area contributed by atoms with Gasteiger partial charge in [0.05, 0.1) is 17.5 Å². The molecule has 0 aromatic heterocycles. The van der Waals surface area contributed by atoms with Crippen LogP contribution in [0, 0.1) is 5.82 Å². The normalized spacial score (nSPS) is 15.8. The lowest BCUT2D eigenvalue weighted by Gasteiger charge is -2.38. The van der Waals surface area contributed by atoms with Gasteiger partial charge in [-0.15, -0.1) is 0 Å². The molecule has 4 heteroatoms. The topological polar surface area (TPSA) is 26.7 Å². The van der Waals surface area contributed by atoms with Crippen LogP contribution in [-0.4, -0.2) is 25.2 Å². The number of para-hydroxylation sites is 2. The van der Waals surface area contributed by atoms with Gasteiger partial charge in [0.25, 0.3) is 0 Å². The number of fused-ring (bicyclic) bond motifs is 1. The predicted octanol–water partition coefficient (Wildman–Crippen LogP) is 3.47. The molecule has 1 aliphatic heterocycles. The summed E-state index contributed by atoms with van der Waals surface area (Å²) in [5.74, 6) is -0.362. The Kier molecular flexibility index (Phi) is 3.55. The highest BCUT2D eigenvalue weighted by Gasteiger charge is 2.25. The van der Waals surface area contributed by atoms with E-state index in [1.54, 1.807) is 13.0 Å². The van der Waals surface area contributed by atoms with Crippen LogP contribution in [0.25, 0.3) is 0 Å². The number of hydrogen-bond acceptors (Lipinski definition) is 3. The van der Waals surface area contributed by atoms with E-state index in [9.17, 15) is 9.50 Å². The van der Waals surface area contributed by atoms with Gasteiger partial charge in [-0.25, -0.2) is 4.39 Å². The smallest absolute Gasteiger partial charge is 0.131 e. The maximum absolute atomic E-state index is 14.1. The zero-order valence-corrected chi connectivity index (χ0v) is 12.3. The number of aliphatic hydroxyl groups excluding tert-OH is 1. The van der Waals surface area contributed by atoms with Crippen LogP contribution in [0.15, 0.2) is 42.5 Å². The van der Waals surface area contributed by atoms with Crippen LogP contribution in [0.1, 0.15) is 18.6 Å². The highest BCUT2D eigenvalue weighted by molar-refractivity contribution is 5.80. The molecule has 0 saturated heterocycles. The maximum atomic E-state index is 14.1. The number of likely N-dealkylation sites (N-methyl/N-ethyl adjacent to an activating group) is 1. The minimum absolute atomic E-state index is 0.358. The number of rotatable bonds is 2. The van der Waals surface area contributed by atoms with Gasteiger partial charge in [0.15, 0.2) is 0 Å². The summed E-state index contributed by atoms with van der Waals surface area (Å²) in [4.78, 5) is 4.27. The average molecular weight is 286 g/mol. The summed E-state index contributed by atoms with van der Waals surface area (Å²) in [7, 11) is 2.05. The van der Waals surface area contributed by atoms with Crippen LogP contribution in [0.2, 0.25) is 0 Å². The molecular weight excluding hydrogens is 267 g/mol. The molecule has 21 heavy (non-hydrogen) atoms. The molecule has 2 aromatic rings. The molecule has 0 aliphatic carbocycles. The summed E-state index contributed by atoms with van der Waals surface area (Å²) in [6.07, 6.45) is -0.840. The first-order chi connectivity index (χ1) is 10.1. The fourth-order valence-corrected chi connectivity index (χ4v) is 2.93. The average Bonchev–Trinajstić information content (AvgIpc) is 2.47. The summed E-state index contributed by atoms with van der Waals surface area (Å²) in [6, 6.07) is 13.0. The number of anilines is 3. The van der Waals surface area contributed by atoms with Crippen molar-refractivity contribution in [2.45, 2.75) is 13.0 Å². The lowest BCUT2D eigenvalue weighted by molar-refractivity contribution is 0.194. The molecular formula is C17H19FN2O. The third kappa shape index (κ3) is 2.36. The molecule has 1 aliphatic rings. The van der Waals surface area contributed by atoms with Crippen molar-refractivity contribution in [2.24, 2.45) is 0 Å². The van der Waals surface area contributed by atoms with E-state index in [4.69, 9.17) is 0 Å². The van der Waals surface area contributed by atoms with Gasteiger partial charge < -0.3 is 14.9 Å². The molecule has 2 aromatic carbocycles. The minimum atomic E-state index is -0.840. The maximum Gasteiger partial charge on any atom is 0.131 e. The second-order valence-electron chi connectivity index (χ2n) is 5.41. The Labute approximate surface area is 124 Å².